The molecule has 0 unspecified atom stereocenters. The molecule has 0 radical (unpaired) electrons. The van der Waals surface area contributed by atoms with Crippen molar-refractivity contribution in [3.05, 3.63) is 89.5 Å². The molecule has 7 amide bonds. The number of carboxylic acids is 1. The Balaban J connectivity index is 1.55. The monoisotopic (exact) mass is 1230 g/mol. The topological polar surface area (TPSA) is 296 Å². The first-order chi connectivity index (χ1) is 43.3. The molecule has 22 heteroatoms. The second kappa shape index (κ2) is 47.4. The van der Waals surface area contributed by atoms with Gasteiger partial charge < -0.3 is 70.7 Å². The number of rotatable bonds is 51. The predicted octanol–water partition coefficient (Wildman–Crippen LogP) is 6.06. The molecule has 0 saturated heterocycles. The third-order valence-corrected chi connectivity index (χ3v) is 13.5. The average Bonchev–Trinajstić information content (AvgIpc) is 3.71. The number of unbranched alkanes of at least 4 members (excludes halogenated alkanes) is 10. The summed E-state index contributed by atoms with van der Waals surface area (Å²) < 4.78 is 34.4. The van der Waals surface area contributed by atoms with Crippen LogP contribution in [0.1, 0.15) is 153 Å². The Morgan fingerprint density at radius 2 is 0.640 bits per heavy atom. The molecule has 0 spiro atoms. The van der Waals surface area contributed by atoms with Crippen molar-refractivity contribution in [1.82, 2.24) is 37.2 Å². The smallest absolute Gasteiger partial charge is 0.303 e. The number of carboxylic acid groups (broad SMARTS) is 1. The van der Waals surface area contributed by atoms with Crippen molar-refractivity contribution in [2.24, 2.45) is 0 Å². The highest BCUT2D eigenvalue weighted by atomic mass is 16.5. The Kier molecular flexibility index (Phi) is 39.8. The standard InChI is InChI=1S/C67H91N7O15/c1-4-44-87-56-29-23-53(24-30-56)64(81)71-41-18-15-38-68-59(75)35-47-84-50-67(74-62(78)21-13-11-9-7-8-10-12-14-22-63(79)80,51-85-48-36-60(76)69-39-16-19-42-72-65(82)54-25-31-57(32-26-54)88-45-5-2)52-86-49-37-61(77)70-40-17-20-43-73-66(83)55-27-33-58(34-28-55)89-46-6-3/h1-3,23-34H,7-22,35-52H2,(H,68,75)(H,69,76)(H,70,77)(H,71,81)(H,72,82)(H,73,83)(H,74,78)(H,79,80). The van der Waals surface area contributed by atoms with Crippen LogP contribution < -0.4 is 51.4 Å². The van der Waals surface area contributed by atoms with Gasteiger partial charge in [-0.05, 0) is 124 Å². The minimum Gasteiger partial charge on any atom is -0.481 e. The van der Waals surface area contributed by atoms with Crippen LogP contribution in [-0.2, 0) is 38.2 Å². The maximum absolute atomic E-state index is 13.8. The number of terminal acetylenes is 3. The summed E-state index contributed by atoms with van der Waals surface area (Å²) in [5, 5.41) is 29.2. The van der Waals surface area contributed by atoms with E-state index in [0.29, 0.717) is 125 Å². The van der Waals surface area contributed by atoms with Gasteiger partial charge in [-0.2, -0.15) is 0 Å². The lowest BCUT2D eigenvalue weighted by atomic mass is 10.0. The van der Waals surface area contributed by atoms with Crippen molar-refractivity contribution < 1.29 is 71.9 Å². The van der Waals surface area contributed by atoms with Gasteiger partial charge >= 0.3 is 5.97 Å². The first kappa shape index (κ1) is 74.6. The van der Waals surface area contributed by atoms with Gasteiger partial charge in [-0.1, -0.05) is 56.3 Å². The van der Waals surface area contributed by atoms with E-state index in [1.165, 1.54) is 0 Å². The van der Waals surface area contributed by atoms with Crippen molar-refractivity contribution in [1.29, 1.82) is 0 Å². The lowest BCUT2D eigenvalue weighted by Gasteiger charge is -2.34. The summed E-state index contributed by atoms with van der Waals surface area (Å²) in [7, 11) is 0. The molecule has 0 atom stereocenters. The van der Waals surface area contributed by atoms with Gasteiger partial charge in [-0.15, -0.1) is 19.3 Å². The van der Waals surface area contributed by atoms with Crippen LogP contribution >= 0.6 is 0 Å². The molecule has 89 heavy (non-hydrogen) atoms. The van der Waals surface area contributed by atoms with E-state index >= 15 is 0 Å². The lowest BCUT2D eigenvalue weighted by Crippen LogP contribution is -2.58. The summed E-state index contributed by atoms with van der Waals surface area (Å²) in [6.07, 6.45) is 26.4. The highest BCUT2D eigenvalue weighted by molar-refractivity contribution is 5.95. The van der Waals surface area contributed by atoms with Crippen LogP contribution in [0.25, 0.3) is 0 Å². The molecule has 0 heterocycles. The second-order valence-corrected chi connectivity index (χ2v) is 20.9. The van der Waals surface area contributed by atoms with E-state index in [2.05, 4.69) is 55.0 Å². The zero-order valence-electron chi connectivity index (χ0n) is 51.4. The normalized spacial score (nSPS) is 10.7. The number of carbonyl (C=O) groups is 8. The van der Waals surface area contributed by atoms with Crippen molar-refractivity contribution in [2.75, 3.05) is 98.7 Å². The van der Waals surface area contributed by atoms with E-state index in [0.717, 1.165) is 38.5 Å². The fraction of sp³-hybridized carbons (Fsp3) is 0.522. The van der Waals surface area contributed by atoms with Gasteiger partial charge in [0.2, 0.25) is 23.6 Å². The predicted molar refractivity (Wildman–Crippen MR) is 337 cm³/mol. The minimum atomic E-state index is -1.30. The molecule has 8 N–H and O–H groups in total. The van der Waals surface area contributed by atoms with Crippen molar-refractivity contribution in [2.45, 2.75) is 128 Å². The summed E-state index contributed by atoms with van der Waals surface area (Å²) >= 11 is 0. The number of ether oxygens (including phenoxy) is 6. The van der Waals surface area contributed by atoms with Crippen LogP contribution in [0.5, 0.6) is 17.2 Å². The van der Waals surface area contributed by atoms with E-state index in [4.69, 9.17) is 52.8 Å². The molecule has 0 bridgehead atoms. The Morgan fingerprint density at radius 3 is 0.933 bits per heavy atom. The fourth-order valence-corrected chi connectivity index (χ4v) is 8.60. The first-order valence-corrected chi connectivity index (χ1v) is 30.7. The summed E-state index contributed by atoms with van der Waals surface area (Å²) in [5.74, 6) is 6.26. The molecule has 484 valence electrons. The molecule has 0 aliphatic rings. The summed E-state index contributed by atoms with van der Waals surface area (Å²) in [6.45, 7) is 2.19. The maximum atomic E-state index is 13.8. The Labute approximate surface area is 524 Å². The summed E-state index contributed by atoms with van der Waals surface area (Å²) in [4.78, 5) is 101. The van der Waals surface area contributed by atoms with Crippen LogP contribution in [0, 0.1) is 37.0 Å². The van der Waals surface area contributed by atoms with Gasteiger partial charge in [0.25, 0.3) is 17.7 Å². The molecule has 0 aliphatic carbocycles. The Bertz CT molecular complexity index is 2450. The van der Waals surface area contributed by atoms with E-state index in [-0.39, 0.29) is 133 Å². The van der Waals surface area contributed by atoms with Gasteiger partial charge in [-0.25, -0.2) is 0 Å². The maximum Gasteiger partial charge on any atom is 0.303 e. The largest absolute Gasteiger partial charge is 0.481 e. The third-order valence-electron chi connectivity index (χ3n) is 13.5. The molecular formula is C67H91N7O15. The van der Waals surface area contributed by atoms with Gasteiger partial charge in [0.15, 0.2) is 0 Å². The molecule has 0 fully saturated rings. The summed E-state index contributed by atoms with van der Waals surface area (Å²) in [5.41, 5.74) is 0.112. The lowest BCUT2D eigenvalue weighted by molar-refractivity contribution is -0.137. The van der Waals surface area contributed by atoms with Crippen molar-refractivity contribution in [3.8, 4) is 54.3 Å². The van der Waals surface area contributed by atoms with E-state index < -0.39 is 11.5 Å². The highest BCUT2D eigenvalue weighted by Gasteiger charge is 2.34. The fourth-order valence-electron chi connectivity index (χ4n) is 8.60. The number of amides is 7. The van der Waals surface area contributed by atoms with Gasteiger partial charge in [0, 0.05) is 88.1 Å². The molecule has 3 aromatic rings. The molecule has 0 saturated carbocycles. The van der Waals surface area contributed by atoms with Gasteiger partial charge in [-0.3, -0.25) is 38.4 Å². The van der Waals surface area contributed by atoms with Crippen LogP contribution in [0.4, 0.5) is 0 Å². The van der Waals surface area contributed by atoms with Gasteiger partial charge in [0.1, 0.15) is 42.6 Å². The molecule has 3 rings (SSSR count). The van der Waals surface area contributed by atoms with E-state index in [9.17, 15) is 38.4 Å². The average molecular weight is 1230 g/mol. The zero-order valence-corrected chi connectivity index (χ0v) is 51.4. The molecular weight excluding hydrogens is 1140 g/mol. The van der Waals surface area contributed by atoms with E-state index in [1.54, 1.807) is 72.8 Å². The number of hydrogen-bond acceptors (Lipinski definition) is 14. The molecule has 0 aliphatic heterocycles. The second-order valence-electron chi connectivity index (χ2n) is 20.9. The zero-order chi connectivity index (χ0) is 64.4. The minimum absolute atomic E-state index is 0.00213. The van der Waals surface area contributed by atoms with Crippen molar-refractivity contribution in [3.63, 3.8) is 0 Å². The highest BCUT2D eigenvalue weighted by Crippen LogP contribution is 2.17. The van der Waals surface area contributed by atoms with E-state index in [1.807, 2.05) is 0 Å². The molecule has 0 aromatic heterocycles. The number of aliphatic carboxylic acids is 1. The number of hydrogen-bond donors (Lipinski definition) is 8. The number of carbonyl (C=O) groups excluding carboxylic acids is 7. The van der Waals surface area contributed by atoms with Crippen LogP contribution in [-0.4, -0.2) is 157 Å². The quantitative estimate of drug-likeness (QED) is 0.0235. The Morgan fingerprint density at radius 1 is 0.360 bits per heavy atom. The van der Waals surface area contributed by atoms with Crippen LogP contribution in [0.15, 0.2) is 72.8 Å². The first-order valence-electron chi connectivity index (χ1n) is 30.7. The third kappa shape index (κ3) is 36.3. The van der Waals surface area contributed by atoms with Gasteiger partial charge in [0.05, 0.1) is 39.6 Å². The number of nitrogens with one attached hydrogen (secondary N) is 7. The van der Waals surface area contributed by atoms with Crippen LogP contribution in [0.2, 0.25) is 0 Å². The molecule has 22 nitrogen and oxygen atoms in total. The molecule has 3 aromatic carbocycles. The SMILES string of the molecule is C#CCOc1ccc(C(=O)NCCCCNC(=O)CCOCC(COCCC(=O)NCCCCNC(=O)c2ccc(OCC#C)cc2)(COCCC(=O)NCCCCNC(=O)c2ccc(OCC#C)cc2)NC(=O)CCCCCCCCCCC(=O)O)cc1. The summed E-state index contributed by atoms with van der Waals surface area (Å²) in [6, 6.07) is 19.9. The number of benzene rings is 3. The van der Waals surface area contributed by atoms with Crippen LogP contribution in [0.3, 0.4) is 0 Å². The Hall–Kier alpha value is -8.62. The van der Waals surface area contributed by atoms with Crippen molar-refractivity contribution >= 4 is 47.3 Å².